The van der Waals surface area contributed by atoms with E-state index < -0.39 is 0 Å². The van der Waals surface area contributed by atoms with Crippen molar-refractivity contribution in [1.82, 2.24) is 14.5 Å². The molecule has 0 aliphatic carbocycles. The van der Waals surface area contributed by atoms with E-state index in [1.54, 1.807) is 11.3 Å². The van der Waals surface area contributed by atoms with Crippen molar-refractivity contribution in [2.45, 2.75) is 0 Å². The molecule has 3 aromatic heterocycles. The molecular formula is C36H21N3S. The topological polar surface area (TPSA) is 30.7 Å². The van der Waals surface area contributed by atoms with Crippen LogP contribution >= 0.6 is 11.3 Å². The fourth-order valence-corrected chi connectivity index (χ4v) is 7.36. The summed E-state index contributed by atoms with van der Waals surface area (Å²) in [5, 5.41) is 8.38. The molecule has 0 atom stereocenters. The summed E-state index contributed by atoms with van der Waals surface area (Å²) >= 11 is 1.77. The zero-order chi connectivity index (χ0) is 26.2. The molecule has 40 heavy (non-hydrogen) atoms. The predicted octanol–water partition coefficient (Wildman–Crippen LogP) is 9.91. The SMILES string of the molecule is c1ccc(-c2nc(-n3c4c5ccccc5ccc4c4ccc5ccccc5c43)nc3c2sc2ccccc23)cc1. The average Bonchev–Trinajstić information content (AvgIpc) is 3.57. The molecule has 0 radical (unpaired) electrons. The Morgan fingerprint density at radius 3 is 1.73 bits per heavy atom. The van der Waals surface area contributed by atoms with Crippen molar-refractivity contribution >= 4 is 75.0 Å². The largest absolute Gasteiger partial charge is 0.277 e. The molecule has 3 heterocycles. The molecule has 0 saturated carbocycles. The second kappa shape index (κ2) is 8.22. The third-order valence-electron chi connectivity index (χ3n) is 7.99. The van der Waals surface area contributed by atoms with E-state index >= 15 is 0 Å². The zero-order valence-electron chi connectivity index (χ0n) is 21.4. The van der Waals surface area contributed by atoms with E-state index in [9.17, 15) is 0 Å². The van der Waals surface area contributed by atoms with E-state index in [1.165, 1.54) is 42.4 Å². The third kappa shape index (κ3) is 2.99. The minimum atomic E-state index is 0.697. The summed E-state index contributed by atoms with van der Waals surface area (Å²) in [6.45, 7) is 0. The van der Waals surface area contributed by atoms with Crippen molar-refractivity contribution in [2.24, 2.45) is 0 Å². The Morgan fingerprint density at radius 1 is 0.475 bits per heavy atom. The van der Waals surface area contributed by atoms with Crippen LogP contribution in [0.25, 0.3) is 80.9 Å². The van der Waals surface area contributed by atoms with Gasteiger partial charge < -0.3 is 0 Å². The number of aromatic nitrogens is 3. The summed E-state index contributed by atoms with van der Waals surface area (Å²) in [5.74, 6) is 0.697. The predicted molar refractivity (Wildman–Crippen MR) is 170 cm³/mol. The molecule has 0 aliphatic rings. The van der Waals surface area contributed by atoms with Crippen LogP contribution in [0.4, 0.5) is 0 Å². The first-order valence-electron chi connectivity index (χ1n) is 13.4. The number of hydrogen-bond acceptors (Lipinski definition) is 3. The van der Waals surface area contributed by atoms with Crippen molar-refractivity contribution < 1.29 is 0 Å². The fourth-order valence-electron chi connectivity index (χ4n) is 6.21. The second-order valence-electron chi connectivity index (χ2n) is 10.2. The maximum Gasteiger partial charge on any atom is 0.235 e. The summed E-state index contributed by atoms with van der Waals surface area (Å²) in [7, 11) is 0. The van der Waals surface area contributed by atoms with Gasteiger partial charge in [-0.3, -0.25) is 4.57 Å². The summed E-state index contributed by atoms with van der Waals surface area (Å²) in [4.78, 5) is 10.8. The average molecular weight is 528 g/mol. The molecule has 9 aromatic rings. The molecule has 0 amide bonds. The van der Waals surface area contributed by atoms with Crippen LogP contribution in [-0.4, -0.2) is 14.5 Å². The van der Waals surface area contributed by atoms with Crippen molar-refractivity contribution in [3.63, 3.8) is 0 Å². The lowest BCUT2D eigenvalue weighted by Gasteiger charge is -2.12. The Balaban J connectivity index is 1.54. The van der Waals surface area contributed by atoms with E-state index in [0.29, 0.717) is 5.95 Å². The highest BCUT2D eigenvalue weighted by atomic mass is 32.1. The van der Waals surface area contributed by atoms with Crippen molar-refractivity contribution in [1.29, 1.82) is 0 Å². The zero-order valence-corrected chi connectivity index (χ0v) is 22.2. The number of rotatable bonds is 2. The molecule has 4 heteroatoms. The Kier molecular flexibility index (Phi) is 4.48. The molecule has 0 spiro atoms. The highest BCUT2D eigenvalue weighted by Crippen LogP contribution is 2.42. The van der Waals surface area contributed by atoms with Gasteiger partial charge in [0.05, 0.1) is 26.9 Å². The standard InChI is InChI=1S/C36H21N3S/c1-2-12-24(13-3-1)31-35-32(29-16-8-9-17-30(29)40-35)38-36(37-31)39-33-25-14-6-4-10-22(25)18-20-27(33)28-21-19-23-11-5-7-15-26(23)34(28)39/h1-21H. The van der Waals surface area contributed by atoms with Crippen LogP contribution in [0.15, 0.2) is 127 Å². The number of nitrogens with zero attached hydrogens (tertiary/aromatic N) is 3. The van der Waals surface area contributed by atoms with Crippen molar-refractivity contribution in [2.75, 3.05) is 0 Å². The smallest absolute Gasteiger partial charge is 0.235 e. The van der Waals surface area contributed by atoms with E-state index in [4.69, 9.17) is 9.97 Å². The van der Waals surface area contributed by atoms with Gasteiger partial charge in [0.15, 0.2) is 0 Å². The first-order valence-corrected chi connectivity index (χ1v) is 14.3. The summed E-state index contributed by atoms with van der Waals surface area (Å²) < 4.78 is 4.65. The van der Waals surface area contributed by atoms with Gasteiger partial charge >= 0.3 is 0 Å². The van der Waals surface area contributed by atoms with Gasteiger partial charge in [-0.2, -0.15) is 0 Å². The van der Waals surface area contributed by atoms with Gasteiger partial charge in [-0.25, -0.2) is 9.97 Å². The molecule has 9 rings (SSSR count). The Hall–Kier alpha value is -5.06. The minimum Gasteiger partial charge on any atom is -0.277 e. The number of thiophene rings is 1. The van der Waals surface area contributed by atoms with E-state index in [0.717, 1.165) is 32.5 Å². The van der Waals surface area contributed by atoms with Crippen LogP contribution in [0.1, 0.15) is 0 Å². The molecule has 0 saturated heterocycles. The number of benzene rings is 6. The van der Waals surface area contributed by atoms with Gasteiger partial charge in [-0.05, 0) is 16.8 Å². The monoisotopic (exact) mass is 527 g/mol. The first kappa shape index (κ1) is 21.8. The molecule has 3 nitrogen and oxygen atoms in total. The van der Waals surface area contributed by atoms with Gasteiger partial charge in [0.1, 0.15) is 0 Å². The quantitative estimate of drug-likeness (QED) is 0.224. The summed E-state index contributed by atoms with van der Waals surface area (Å²) in [6, 6.07) is 45.2. The lowest BCUT2D eigenvalue weighted by molar-refractivity contribution is 1.02. The maximum atomic E-state index is 5.39. The van der Waals surface area contributed by atoms with Crippen LogP contribution in [-0.2, 0) is 0 Å². The normalized spacial score (nSPS) is 12.0. The second-order valence-corrected chi connectivity index (χ2v) is 11.3. The van der Waals surface area contributed by atoms with Gasteiger partial charge in [0.25, 0.3) is 0 Å². The number of fused-ring (bicyclic) bond motifs is 10. The van der Waals surface area contributed by atoms with E-state index in [2.05, 4.69) is 132 Å². The third-order valence-corrected chi connectivity index (χ3v) is 9.16. The summed E-state index contributed by atoms with van der Waals surface area (Å²) in [5.41, 5.74) is 5.35. The molecular weight excluding hydrogens is 506 g/mol. The molecule has 186 valence electrons. The van der Waals surface area contributed by atoms with Gasteiger partial charge in [0.2, 0.25) is 5.95 Å². The van der Waals surface area contributed by atoms with Crippen molar-refractivity contribution in [3.05, 3.63) is 127 Å². The van der Waals surface area contributed by atoms with Gasteiger partial charge in [-0.15, -0.1) is 11.3 Å². The van der Waals surface area contributed by atoms with E-state index in [-0.39, 0.29) is 0 Å². The Morgan fingerprint density at radius 2 is 1.05 bits per heavy atom. The van der Waals surface area contributed by atoms with Crippen LogP contribution < -0.4 is 0 Å². The minimum absolute atomic E-state index is 0.697. The fraction of sp³-hybridized carbons (Fsp3) is 0. The van der Waals surface area contributed by atoms with Gasteiger partial charge in [-0.1, -0.05) is 121 Å². The van der Waals surface area contributed by atoms with Crippen LogP contribution in [0.3, 0.4) is 0 Å². The molecule has 0 bridgehead atoms. The lowest BCUT2D eigenvalue weighted by Crippen LogP contribution is -2.03. The highest BCUT2D eigenvalue weighted by molar-refractivity contribution is 7.26. The first-order chi connectivity index (χ1) is 19.8. The summed E-state index contributed by atoms with van der Waals surface area (Å²) in [6.07, 6.45) is 0. The van der Waals surface area contributed by atoms with Crippen LogP contribution in [0, 0.1) is 0 Å². The Labute approximate surface area is 233 Å². The number of hydrogen-bond donors (Lipinski definition) is 0. The van der Waals surface area contributed by atoms with Crippen LogP contribution in [0.2, 0.25) is 0 Å². The maximum absolute atomic E-state index is 5.39. The van der Waals surface area contributed by atoms with E-state index in [1.807, 2.05) is 0 Å². The molecule has 0 fully saturated rings. The molecule has 0 aliphatic heterocycles. The molecule has 6 aromatic carbocycles. The highest BCUT2D eigenvalue weighted by Gasteiger charge is 2.22. The van der Waals surface area contributed by atoms with Crippen molar-refractivity contribution in [3.8, 4) is 17.2 Å². The van der Waals surface area contributed by atoms with Crippen LogP contribution in [0.5, 0.6) is 0 Å². The lowest BCUT2D eigenvalue weighted by atomic mass is 10.0. The molecule has 0 N–H and O–H groups in total. The van der Waals surface area contributed by atoms with Gasteiger partial charge in [0, 0.05) is 37.2 Å². The Bertz CT molecular complexity index is 2340. The molecule has 0 unspecified atom stereocenters.